The molecule has 0 saturated heterocycles. The summed E-state index contributed by atoms with van der Waals surface area (Å²) in [5.41, 5.74) is 3.15. The minimum Gasteiger partial charge on any atom is -0.324 e. The van der Waals surface area contributed by atoms with Crippen molar-refractivity contribution in [3.05, 3.63) is 59.5 Å². The van der Waals surface area contributed by atoms with E-state index in [4.69, 9.17) is 11.6 Å². The van der Waals surface area contributed by atoms with Crippen LogP contribution in [0.15, 0.2) is 43.0 Å². The van der Waals surface area contributed by atoms with Crippen molar-refractivity contribution >= 4 is 33.5 Å². The fraction of sp³-hybridized carbons (Fsp3) is 0.176. The molecular formula is C17H13ClFN5. The van der Waals surface area contributed by atoms with E-state index in [1.165, 1.54) is 0 Å². The number of rotatable bonds is 4. The van der Waals surface area contributed by atoms with Crippen molar-refractivity contribution in [1.29, 1.82) is 0 Å². The van der Waals surface area contributed by atoms with Crippen LogP contribution in [-0.2, 0) is 13.0 Å². The van der Waals surface area contributed by atoms with Crippen molar-refractivity contribution < 1.29 is 4.39 Å². The average Bonchev–Trinajstić information content (AvgIpc) is 2.94. The van der Waals surface area contributed by atoms with Gasteiger partial charge in [0.05, 0.1) is 29.5 Å². The standard InChI is InChI=1S/C17H13ClFN5/c18-11-1-2-14-13(7-11)17-15(10-22-14)23-16(24(17)6-3-19)8-12-9-20-4-5-21-12/h1-2,4-5,7,9-10H,3,6,8H2. The van der Waals surface area contributed by atoms with Crippen LogP contribution in [0.4, 0.5) is 4.39 Å². The third-order valence-corrected chi connectivity index (χ3v) is 4.11. The van der Waals surface area contributed by atoms with Crippen LogP contribution in [0.3, 0.4) is 0 Å². The van der Waals surface area contributed by atoms with Crippen molar-refractivity contribution in [3.63, 3.8) is 0 Å². The molecule has 0 N–H and O–H groups in total. The Morgan fingerprint density at radius 2 is 2.00 bits per heavy atom. The molecule has 7 heteroatoms. The number of nitrogens with zero attached hydrogens (tertiary/aromatic N) is 5. The minimum atomic E-state index is -0.483. The second kappa shape index (κ2) is 6.13. The van der Waals surface area contributed by atoms with E-state index in [0.717, 1.165) is 33.5 Å². The first-order valence-electron chi connectivity index (χ1n) is 7.50. The average molecular weight is 342 g/mol. The number of halogens is 2. The highest BCUT2D eigenvalue weighted by Gasteiger charge is 2.15. The molecule has 0 amide bonds. The fourth-order valence-corrected chi connectivity index (χ4v) is 3.05. The summed E-state index contributed by atoms with van der Waals surface area (Å²) in [4.78, 5) is 17.4. The second-order valence-electron chi connectivity index (χ2n) is 5.40. The summed E-state index contributed by atoms with van der Waals surface area (Å²) in [5, 5.41) is 1.48. The third-order valence-electron chi connectivity index (χ3n) is 3.88. The Hall–Kier alpha value is -2.60. The first-order chi connectivity index (χ1) is 11.8. The van der Waals surface area contributed by atoms with E-state index in [2.05, 4.69) is 19.9 Å². The molecule has 0 radical (unpaired) electrons. The first-order valence-corrected chi connectivity index (χ1v) is 7.88. The van der Waals surface area contributed by atoms with E-state index in [0.29, 0.717) is 11.4 Å². The van der Waals surface area contributed by atoms with E-state index in [9.17, 15) is 4.39 Å². The molecule has 24 heavy (non-hydrogen) atoms. The molecule has 1 aromatic carbocycles. The molecule has 4 rings (SSSR count). The number of aryl methyl sites for hydroxylation is 1. The zero-order valence-electron chi connectivity index (χ0n) is 12.7. The van der Waals surface area contributed by atoms with Gasteiger partial charge in [-0.1, -0.05) is 11.6 Å². The Morgan fingerprint density at radius 1 is 1.08 bits per heavy atom. The molecular weight excluding hydrogens is 329 g/mol. The molecule has 120 valence electrons. The highest BCUT2D eigenvalue weighted by atomic mass is 35.5. The lowest BCUT2D eigenvalue weighted by molar-refractivity contribution is 0.445. The van der Waals surface area contributed by atoms with Gasteiger partial charge in [0, 0.05) is 35.4 Å². The summed E-state index contributed by atoms with van der Waals surface area (Å²) < 4.78 is 15.0. The zero-order valence-corrected chi connectivity index (χ0v) is 13.4. The molecule has 4 aromatic rings. The van der Waals surface area contributed by atoms with Crippen LogP contribution in [0.1, 0.15) is 11.5 Å². The van der Waals surface area contributed by atoms with E-state index >= 15 is 0 Å². The largest absolute Gasteiger partial charge is 0.324 e. The summed E-state index contributed by atoms with van der Waals surface area (Å²) in [6.45, 7) is -0.263. The van der Waals surface area contributed by atoms with Gasteiger partial charge in [-0.3, -0.25) is 15.0 Å². The normalized spacial score (nSPS) is 11.4. The van der Waals surface area contributed by atoms with Crippen molar-refractivity contribution in [2.75, 3.05) is 6.67 Å². The number of aromatic nitrogens is 5. The van der Waals surface area contributed by atoms with Crippen molar-refractivity contribution in [1.82, 2.24) is 24.5 Å². The predicted octanol–water partition coefficient (Wildman–Crippen LogP) is 3.59. The molecule has 0 saturated carbocycles. The zero-order chi connectivity index (χ0) is 16.5. The van der Waals surface area contributed by atoms with Crippen LogP contribution in [0, 0.1) is 0 Å². The first kappa shape index (κ1) is 15.0. The maximum absolute atomic E-state index is 13.2. The van der Waals surface area contributed by atoms with Gasteiger partial charge < -0.3 is 4.57 Å². The van der Waals surface area contributed by atoms with E-state index < -0.39 is 6.67 Å². The number of benzene rings is 1. The Balaban J connectivity index is 1.95. The van der Waals surface area contributed by atoms with E-state index in [-0.39, 0.29) is 6.54 Å². The molecule has 5 nitrogen and oxygen atoms in total. The summed E-state index contributed by atoms with van der Waals surface area (Å²) in [7, 11) is 0. The summed E-state index contributed by atoms with van der Waals surface area (Å²) in [6, 6.07) is 5.49. The summed E-state index contributed by atoms with van der Waals surface area (Å²) >= 11 is 6.14. The van der Waals surface area contributed by atoms with Gasteiger partial charge in [0.25, 0.3) is 0 Å². The highest BCUT2D eigenvalue weighted by molar-refractivity contribution is 6.31. The van der Waals surface area contributed by atoms with Crippen LogP contribution in [0.25, 0.3) is 21.9 Å². The molecule has 0 atom stereocenters. The lowest BCUT2D eigenvalue weighted by Crippen LogP contribution is -2.07. The minimum absolute atomic E-state index is 0.220. The lowest BCUT2D eigenvalue weighted by atomic mass is 10.2. The van der Waals surface area contributed by atoms with Crippen LogP contribution in [0.2, 0.25) is 5.02 Å². The maximum Gasteiger partial charge on any atom is 0.116 e. The molecule has 0 aliphatic heterocycles. The summed E-state index contributed by atoms with van der Waals surface area (Å²) in [6.07, 6.45) is 7.12. The van der Waals surface area contributed by atoms with Gasteiger partial charge in [-0.05, 0) is 18.2 Å². The molecule has 0 bridgehead atoms. The second-order valence-corrected chi connectivity index (χ2v) is 5.83. The highest BCUT2D eigenvalue weighted by Crippen LogP contribution is 2.27. The summed E-state index contributed by atoms with van der Waals surface area (Å²) in [5.74, 6) is 0.734. The quantitative estimate of drug-likeness (QED) is 0.569. The molecule has 0 spiro atoms. The van der Waals surface area contributed by atoms with Crippen LogP contribution in [0.5, 0.6) is 0 Å². The van der Waals surface area contributed by atoms with Gasteiger partial charge in [-0.25, -0.2) is 9.37 Å². The Labute approximate surface area is 142 Å². The van der Waals surface area contributed by atoms with Gasteiger partial charge in [0.2, 0.25) is 0 Å². The molecule has 0 aliphatic carbocycles. The van der Waals surface area contributed by atoms with Crippen molar-refractivity contribution in [2.45, 2.75) is 13.0 Å². The predicted molar refractivity (Wildman–Crippen MR) is 90.9 cm³/mol. The van der Waals surface area contributed by atoms with Gasteiger partial charge in [0.1, 0.15) is 18.0 Å². The number of imidazole rings is 1. The van der Waals surface area contributed by atoms with Gasteiger partial charge in [0.15, 0.2) is 0 Å². The van der Waals surface area contributed by atoms with Crippen molar-refractivity contribution in [3.8, 4) is 0 Å². The fourth-order valence-electron chi connectivity index (χ4n) is 2.88. The SMILES string of the molecule is FCCn1c(Cc2cnccn2)nc2cnc3ccc(Cl)cc3c21. The maximum atomic E-state index is 13.2. The molecule has 0 aliphatic rings. The van der Waals surface area contributed by atoms with Crippen LogP contribution < -0.4 is 0 Å². The molecule has 0 unspecified atom stereocenters. The Morgan fingerprint density at radius 3 is 2.79 bits per heavy atom. The molecule has 3 aromatic heterocycles. The van der Waals surface area contributed by atoms with E-state index in [1.807, 2.05) is 16.7 Å². The van der Waals surface area contributed by atoms with Crippen molar-refractivity contribution in [2.24, 2.45) is 0 Å². The van der Waals surface area contributed by atoms with Gasteiger partial charge in [-0.2, -0.15) is 0 Å². The number of pyridine rings is 1. The topological polar surface area (TPSA) is 56.5 Å². The molecule has 0 fully saturated rings. The third kappa shape index (κ3) is 2.59. The number of alkyl halides is 1. The monoisotopic (exact) mass is 341 g/mol. The Kier molecular flexibility index (Phi) is 3.82. The number of fused-ring (bicyclic) bond motifs is 3. The van der Waals surface area contributed by atoms with Crippen LogP contribution in [-0.4, -0.2) is 31.2 Å². The van der Waals surface area contributed by atoms with Crippen LogP contribution >= 0.6 is 11.6 Å². The molecule has 3 heterocycles. The number of hydrogen-bond donors (Lipinski definition) is 0. The Bertz CT molecular complexity index is 1020. The smallest absolute Gasteiger partial charge is 0.116 e. The van der Waals surface area contributed by atoms with Gasteiger partial charge >= 0.3 is 0 Å². The van der Waals surface area contributed by atoms with E-state index in [1.54, 1.807) is 30.9 Å². The van der Waals surface area contributed by atoms with Gasteiger partial charge in [-0.15, -0.1) is 0 Å². The number of hydrogen-bond acceptors (Lipinski definition) is 4. The lowest BCUT2D eigenvalue weighted by Gasteiger charge is -2.08.